The van der Waals surface area contributed by atoms with Crippen molar-refractivity contribution in [3.05, 3.63) is 111 Å². The number of aromatic nitrogens is 2. The van der Waals surface area contributed by atoms with E-state index in [0.717, 1.165) is 53.6 Å². The predicted octanol–water partition coefficient (Wildman–Crippen LogP) is 6.33. The zero-order chi connectivity index (χ0) is 29.9. The van der Waals surface area contributed by atoms with Gasteiger partial charge in [0.15, 0.2) is 11.5 Å². The smallest absolute Gasteiger partial charge is 0.258 e. The van der Waals surface area contributed by atoms with Crippen molar-refractivity contribution in [2.24, 2.45) is 0 Å². The second-order valence-electron chi connectivity index (χ2n) is 11.6. The second-order valence-corrected chi connectivity index (χ2v) is 11.6. The van der Waals surface area contributed by atoms with Crippen LogP contribution in [-0.2, 0) is 41.0 Å². The van der Waals surface area contributed by atoms with E-state index in [4.69, 9.17) is 31.8 Å². The van der Waals surface area contributed by atoms with Crippen molar-refractivity contribution in [3.8, 4) is 22.9 Å². The standard InChI is InChI=1S/C35H33BN2O5/c1-5-6-7-24-25-14-31-32(42-19-41-31)16-29(25)37-33-26(24)17-38-30(33)15-28-27(34(38)39)18-40-22(4)35(28,36)43-21(3)10-13-23-11-8-20(2)9-12-23/h8-9,11-12,14-16H,3-7,10,13,17-19H2,1-2H3/t35-/m1/s1. The first-order chi connectivity index (χ1) is 20.8. The molecular formula is C35H33BN2O5. The van der Waals surface area contributed by atoms with Crippen LogP contribution < -0.4 is 15.0 Å². The van der Waals surface area contributed by atoms with Gasteiger partial charge >= 0.3 is 0 Å². The molecule has 7 nitrogen and oxygen atoms in total. The highest BCUT2D eigenvalue weighted by molar-refractivity contribution is 6.17. The Morgan fingerprint density at radius 3 is 2.63 bits per heavy atom. The summed E-state index contributed by atoms with van der Waals surface area (Å²) in [6, 6.07) is 14.2. The lowest BCUT2D eigenvalue weighted by atomic mass is 9.71. The number of hydrogen-bond acceptors (Lipinski definition) is 6. The van der Waals surface area contributed by atoms with Gasteiger partial charge in [-0.05, 0) is 49.4 Å². The zero-order valence-corrected chi connectivity index (χ0v) is 24.6. The van der Waals surface area contributed by atoms with Crippen molar-refractivity contribution in [1.29, 1.82) is 0 Å². The molecule has 2 aromatic heterocycles. The third-order valence-electron chi connectivity index (χ3n) is 8.76. The van der Waals surface area contributed by atoms with Crippen LogP contribution in [0.15, 0.2) is 71.9 Å². The number of aryl methyl sites for hydroxylation is 3. The summed E-state index contributed by atoms with van der Waals surface area (Å²) in [6.45, 7) is 13.2. The first kappa shape index (κ1) is 27.4. The molecule has 0 fully saturated rings. The average Bonchev–Trinajstić information content (AvgIpc) is 3.61. The highest BCUT2D eigenvalue weighted by atomic mass is 16.7. The molecule has 7 rings (SSSR count). The number of rotatable bonds is 8. The van der Waals surface area contributed by atoms with E-state index >= 15 is 0 Å². The topological polar surface area (TPSA) is 71.8 Å². The lowest BCUT2D eigenvalue weighted by molar-refractivity contribution is 0.0159. The molecule has 4 aromatic rings. The summed E-state index contributed by atoms with van der Waals surface area (Å²) in [5, 5.41) is 1.03. The summed E-state index contributed by atoms with van der Waals surface area (Å²) >= 11 is 0. The summed E-state index contributed by atoms with van der Waals surface area (Å²) < 4.78 is 25.3. The van der Waals surface area contributed by atoms with E-state index in [2.05, 4.69) is 51.3 Å². The molecule has 3 aliphatic rings. The number of nitrogens with zero attached hydrogens (tertiary/aromatic N) is 2. The molecular weight excluding hydrogens is 539 g/mol. The van der Waals surface area contributed by atoms with Gasteiger partial charge in [0.25, 0.3) is 5.56 Å². The van der Waals surface area contributed by atoms with E-state index < -0.39 is 5.50 Å². The van der Waals surface area contributed by atoms with E-state index in [-0.39, 0.29) is 24.7 Å². The second kappa shape index (κ2) is 10.4. The van der Waals surface area contributed by atoms with Crippen molar-refractivity contribution in [1.82, 2.24) is 9.55 Å². The molecule has 3 aliphatic heterocycles. The third kappa shape index (κ3) is 4.51. The van der Waals surface area contributed by atoms with Gasteiger partial charge in [-0.15, -0.1) is 0 Å². The molecule has 0 spiro atoms. The highest BCUT2D eigenvalue weighted by Gasteiger charge is 2.42. The molecule has 0 aliphatic carbocycles. The number of pyridine rings is 2. The Balaban J connectivity index is 1.30. The Morgan fingerprint density at radius 2 is 1.86 bits per heavy atom. The van der Waals surface area contributed by atoms with Gasteiger partial charge in [0.1, 0.15) is 25.7 Å². The van der Waals surface area contributed by atoms with Gasteiger partial charge in [-0.3, -0.25) is 4.79 Å². The van der Waals surface area contributed by atoms with Gasteiger partial charge in [-0.2, -0.15) is 0 Å². The third-order valence-corrected chi connectivity index (χ3v) is 8.76. The van der Waals surface area contributed by atoms with Crippen LogP contribution in [0.1, 0.15) is 59.6 Å². The molecule has 5 heterocycles. The number of hydrogen-bond donors (Lipinski definition) is 0. The van der Waals surface area contributed by atoms with Crippen LogP contribution in [0.3, 0.4) is 0 Å². The van der Waals surface area contributed by atoms with Crippen LogP contribution >= 0.6 is 0 Å². The summed E-state index contributed by atoms with van der Waals surface area (Å²) in [7, 11) is 6.93. The SMILES string of the molecule is [B][C@@]1(OC(=C)CCc2ccc(C)cc2)C(=C)OCc2c1cc1n(c2=O)Cc2c-1nc1cc3c(cc1c2CCCC)OCO3. The Labute approximate surface area is 252 Å². The molecule has 0 unspecified atom stereocenters. The molecule has 0 saturated carbocycles. The van der Waals surface area contributed by atoms with Crippen LogP contribution in [-0.4, -0.2) is 24.2 Å². The lowest BCUT2D eigenvalue weighted by Crippen LogP contribution is -2.41. The lowest BCUT2D eigenvalue weighted by Gasteiger charge is -2.39. The monoisotopic (exact) mass is 572 g/mol. The summed E-state index contributed by atoms with van der Waals surface area (Å²) in [6.07, 6.45) is 4.22. The quantitative estimate of drug-likeness (QED) is 0.160. The highest BCUT2D eigenvalue weighted by Crippen LogP contribution is 2.44. The zero-order valence-electron chi connectivity index (χ0n) is 24.6. The van der Waals surface area contributed by atoms with Crippen LogP contribution in [0.2, 0.25) is 0 Å². The van der Waals surface area contributed by atoms with Gasteiger partial charge in [0, 0.05) is 29.0 Å². The molecule has 0 bridgehead atoms. The number of ether oxygens (including phenoxy) is 4. The van der Waals surface area contributed by atoms with Crippen molar-refractivity contribution >= 4 is 18.7 Å². The minimum atomic E-state index is -1.57. The summed E-state index contributed by atoms with van der Waals surface area (Å²) in [5.41, 5.74) is 6.15. The van der Waals surface area contributed by atoms with Crippen LogP contribution in [0, 0.1) is 6.92 Å². The first-order valence-electron chi connectivity index (χ1n) is 14.8. The molecule has 0 saturated heterocycles. The molecule has 0 N–H and O–H groups in total. The average molecular weight is 572 g/mol. The van der Waals surface area contributed by atoms with Gasteiger partial charge in [0.2, 0.25) is 6.79 Å². The fraction of sp³-hybridized carbons (Fsp3) is 0.314. The predicted molar refractivity (Wildman–Crippen MR) is 166 cm³/mol. The summed E-state index contributed by atoms with van der Waals surface area (Å²) in [5.74, 6) is 2.12. The van der Waals surface area contributed by atoms with Gasteiger partial charge in [-0.1, -0.05) is 56.3 Å². The molecule has 8 heteroatoms. The minimum absolute atomic E-state index is 0.0707. The Bertz CT molecular complexity index is 1880. The van der Waals surface area contributed by atoms with Gasteiger partial charge in [-0.25, -0.2) is 4.98 Å². The van der Waals surface area contributed by atoms with Crippen molar-refractivity contribution in [2.45, 2.75) is 64.6 Å². The maximum absolute atomic E-state index is 14.0. The Hall–Kier alpha value is -4.46. The fourth-order valence-corrected chi connectivity index (χ4v) is 6.30. The first-order valence-corrected chi connectivity index (χ1v) is 14.8. The van der Waals surface area contributed by atoms with Gasteiger partial charge in [0.05, 0.1) is 34.8 Å². The fourth-order valence-electron chi connectivity index (χ4n) is 6.30. The summed E-state index contributed by atoms with van der Waals surface area (Å²) in [4.78, 5) is 19.1. The number of unbranched alkanes of at least 4 members (excludes halogenated alkanes) is 1. The minimum Gasteiger partial charge on any atom is -0.490 e. The van der Waals surface area contributed by atoms with Crippen molar-refractivity contribution < 1.29 is 18.9 Å². The maximum atomic E-state index is 14.0. The van der Waals surface area contributed by atoms with Crippen LogP contribution in [0.25, 0.3) is 22.3 Å². The van der Waals surface area contributed by atoms with E-state index in [9.17, 15) is 4.79 Å². The van der Waals surface area contributed by atoms with Gasteiger partial charge < -0.3 is 23.5 Å². The van der Waals surface area contributed by atoms with Crippen LogP contribution in [0.4, 0.5) is 0 Å². The molecule has 2 aromatic carbocycles. The van der Waals surface area contributed by atoms with Crippen LogP contribution in [0.5, 0.6) is 11.5 Å². The molecule has 1 atom stereocenters. The van der Waals surface area contributed by atoms with E-state index in [0.29, 0.717) is 41.3 Å². The Morgan fingerprint density at radius 1 is 1.09 bits per heavy atom. The maximum Gasteiger partial charge on any atom is 0.258 e. The number of allylic oxidation sites excluding steroid dienone is 1. The van der Waals surface area contributed by atoms with E-state index in [1.54, 1.807) is 4.57 Å². The van der Waals surface area contributed by atoms with E-state index in [1.807, 2.05) is 18.2 Å². The number of benzene rings is 2. The number of fused-ring (bicyclic) bond motifs is 6. The normalized spacial score (nSPS) is 17.8. The van der Waals surface area contributed by atoms with Crippen molar-refractivity contribution in [3.63, 3.8) is 0 Å². The Kier molecular flexibility index (Phi) is 6.60. The van der Waals surface area contributed by atoms with E-state index in [1.165, 1.54) is 16.7 Å². The largest absolute Gasteiger partial charge is 0.490 e. The molecule has 0 amide bonds. The molecule has 43 heavy (non-hydrogen) atoms. The molecule has 216 valence electrons. The van der Waals surface area contributed by atoms with Crippen molar-refractivity contribution in [2.75, 3.05) is 6.79 Å². The molecule has 2 radical (unpaired) electrons.